The van der Waals surface area contributed by atoms with E-state index in [0.29, 0.717) is 23.5 Å². The van der Waals surface area contributed by atoms with Crippen LogP contribution >= 0.6 is 0 Å². The number of rotatable bonds is 6. The predicted octanol–water partition coefficient (Wildman–Crippen LogP) is 4.41. The van der Waals surface area contributed by atoms with Crippen LogP contribution in [0.4, 0.5) is 0 Å². The number of nitrogens with zero attached hydrogens (tertiary/aromatic N) is 4. The third kappa shape index (κ3) is 5.19. The number of ether oxygens (including phenoxy) is 2. The number of carbonyl (C=O) groups excluding carboxylic acids is 2. The van der Waals surface area contributed by atoms with Crippen molar-refractivity contribution < 1.29 is 19.1 Å². The van der Waals surface area contributed by atoms with Gasteiger partial charge in [-0.15, -0.1) is 0 Å². The molecule has 206 valence electrons. The summed E-state index contributed by atoms with van der Waals surface area (Å²) in [4.78, 5) is 49.5. The van der Waals surface area contributed by atoms with Gasteiger partial charge in [0.05, 0.1) is 24.6 Å². The normalized spacial score (nSPS) is 15.4. The Hall–Kier alpha value is -4.89. The van der Waals surface area contributed by atoms with Crippen molar-refractivity contribution in [3.05, 3.63) is 112 Å². The number of esters is 1. The number of amides is 1. The zero-order valence-electron chi connectivity index (χ0n) is 22.5. The van der Waals surface area contributed by atoms with Crippen molar-refractivity contribution in [3.8, 4) is 11.1 Å². The van der Waals surface area contributed by atoms with Crippen molar-refractivity contribution >= 4 is 28.6 Å². The molecule has 0 radical (unpaired) electrons. The molecule has 0 saturated carbocycles. The first-order valence-electron chi connectivity index (χ1n) is 13.6. The molecule has 1 aliphatic heterocycles. The van der Waals surface area contributed by atoms with E-state index in [1.165, 1.54) is 10.5 Å². The Morgan fingerprint density at radius 3 is 2.51 bits per heavy atom. The van der Waals surface area contributed by atoms with Crippen molar-refractivity contribution in [2.45, 2.75) is 32.4 Å². The number of carbonyl (C=O) groups is 2. The Morgan fingerprint density at radius 1 is 1.02 bits per heavy atom. The number of benzene rings is 2. The largest absolute Gasteiger partial charge is 0.462 e. The lowest BCUT2D eigenvalue weighted by Crippen LogP contribution is -2.35. The lowest BCUT2D eigenvalue weighted by atomic mass is 10.0. The highest BCUT2D eigenvalue weighted by molar-refractivity contribution is 5.97. The summed E-state index contributed by atoms with van der Waals surface area (Å²) >= 11 is 0. The maximum atomic E-state index is 13.5. The summed E-state index contributed by atoms with van der Waals surface area (Å²) in [5, 5.41) is 0.216. The van der Waals surface area contributed by atoms with Gasteiger partial charge in [0, 0.05) is 18.4 Å². The zero-order chi connectivity index (χ0) is 28.3. The molecular formula is C32H28N4O5. The molecule has 5 aromatic rings. The van der Waals surface area contributed by atoms with E-state index in [1.807, 2.05) is 42.5 Å². The molecule has 6 rings (SSSR count). The van der Waals surface area contributed by atoms with Crippen molar-refractivity contribution in [1.29, 1.82) is 0 Å². The van der Waals surface area contributed by atoms with Crippen LogP contribution in [0, 0.1) is 0 Å². The fourth-order valence-electron chi connectivity index (χ4n) is 5.12. The Morgan fingerprint density at radius 2 is 1.78 bits per heavy atom. The van der Waals surface area contributed by atoms with Gasteiger partial charge >= 0.3 is 5.97 Å². The summed E-state index contributed by atoms with van der Waals surface area (Å²) in [6.45, 7) is 2.68. The van der Waals surface area contributed by atoms with Gasteiger partial charge in [-0.3, -0.25) is 14.0 Å². The van der Waals surface area contributed by atoms with E-state index < -0.39 is 11.9 Å². The summed E-state index contributed by atoms with van der Waals surface area (Å²) in [7, 11) is 0. The summed E-state index contributed by atoms with van der Waals surface area (Å²) in [6, 6.07) is 23.7. The number of hydrogen-bond acceptors (Lipinski definition) is 6. The smallest absolute Gasteiger partial charge is 0.341 e. The van der Waals surface area contributed by atoms with Crippen molar-refractivity contribution in [2.75, 3.05) is 13.2 Å². The quantitative estimate of drug-likeness (QED) is 0.230. The van der Waals surface area contributed by atoms with Gasteiger partial charge in [-0.1, -0.05) is 48.5 Å². The minimum atomic E-state index is -0.681. The van der Waals surface area contributed by atoms with Gasteiger partial charge in [-0.25, -0.2) is 9.78 Å². The van der Waals surface area contributed by atoms with Gasteiger partial charge in [0.1, 0.15) is 16.9 Å². The van der Waals surface area contributed by atoms with Crippen LogP contribution in [0.15, 0.2) is 94.8 Å². The average Bonchev–Trinajstić information content (AvgIpc) is 3.52. The van der Waals surface area contributed by atoms with Gasteiger partial charge in [0.15, 0.2) is 5.49 Å². The zero-order valence-corrected chi connectivity index (χ0v) is 22.5. The van der Waals surface area contributed by atoms with E-state index in [-0.39, 0.29) is 41.3 Å². The van der Waals surface area contributed by atoms with E-state index in [2.05, 4.69) is 4.99 Å². The Kier molecular flexibility index (Phi) is 7.26. The molecule has 0 bridgehead atoms. The average molecular weight is 549 g/mol. The van der Waals surface area contributed by atoms with Gasteiger partial charge in [-0.05, 0) is 61.2 Å². The molecule has 1 saturated heterocycles. The summed E-state index contributed by atoms with van der Waals surface area (Å²) < 4.78 is 14.3. The second kappa shape index (κ2) is 11.3. The van der Waals surface area contributed by atoms with Crippen LogP contribution in [0.5, 0.6) is 0 Å². The van der Waals surface area contributed by atoms with Crippen molar-refractivity contribution in [2.24, 2.45) is 4.99 Å². The van der Waals surface area contributed by atoms with Crippen molar-refractivity contribution in [3.63, 3.8) is 0 Å². The van der Waals surface area contributed by atoms with Gasteiger partial charge in [-0.2, -0.15) is 4.99 Å². The first-order valence-corrected chi connectivity index (χ1v) is 13.6. The maximum Gasteiger partial charge on any atom is 0.341 e. The molecule has 1 unspecified atom stereocenters. The number of aromatic nitrogens is 3. The third-order valence-corrected chi connectivity index (χ3v) is 7.14. The van der Waals surface area contributed by atoms with Gasteiger partial charge in [0.25, 0.3) is 11.5 Å². The standard InChI is InChI=1S/C32H28N4O5/c1-2-40-32(39)26-19-25-28(33-27-12-6-7-17-35(27)31(25)38)36(20-24-11-8-18-41-24)29(26)34-30(37)23-15-13-22(14-16-23)21-9-4-3-5-10-21/h3-7,9-10,12-17,19,24H,2,8,11,18,20H2,1H3. The summed E-state index contributed by atoms with van der Waals surface area (Å²) in [6.07, 6.45) is 3.11. The minimum absolute atomic E-state index is 0.0152. The number of fused-ring (bicyclic) bond motifs is 2. The Labute approximate surface area is 235 Å². The highest BCUT2D eigenvalue weighted by Gasteiger charge is 2.24. The van der Waals surface area contributed by atoms with E-state index in [1.54, 1.807) is 48.0 Å². The SMILES string of the molecule is CCOC(=O)c1cc2c(=O)n3ccccc3nc2n(CC2CCCO2)c1=NC(=O)c1ccc(-c2ccccc2)cc1. The molecule has 3 aromatic heterocycles. The summed E-state index contributed by atoms with van der Waals surface area (Å²) in [5.74, 6) is -1.22. The molecule has 1 fully saturated rings. The first-order chi connectivity index (χ1) is 20.0. The van der Waals surface area contributed by atoms with Crippen molar-refractivity contribution in [1.82, 2.24) is 14.0 Å². The van der Waals surface area contributed by atoms with Crippen LogP contribution in [0.2, 0.25) is 0 Å². The number of hydrogen-bond donors (Lipinski definition) is 0. The topological polar surface area (TPSA) is 104 Å². The van der Waals surface area contributed by atoms with Crippen LogP contribution in [0.3, 0.4) is 0 Å². The lowest BCUT2D eigenvalue weighted by Gasteiger charge is -2.18. The summed E-state index contributed by atoms with van der Waals surface area (Å²) in [5.41, 5.74) is 2.85. The van der Waals surface area contributed by atoms with Crippen LogP contribution in [-0.4, -0.2) is 45.1 Å². The van der Waals surface area contributed by atoms with Crippen LogP contribution in [0.25, 0.3) is 27.8 Å². The molecule has 1 aliphatic rings. The fourth-order valence-corrected chi connectivity index (χ4v) is 5.12. The van der Waals surface area contributed by atoms with Crippen LogP contribution in [0.1, 0.15) is 40.5 Å². The van der Waals surface area contributed by atoms with Crippen LogP contribution in [-0.2, 0) is 16.0 Å². The Balaban J connectivity index is 1.57. The first kappa shape index (κ1) is 26.3. The van der Waals surface area contributed by atoms with Gasteiger partial charge < -0.3 is 14.0 Å². The molecule has 1 atom stereocenters. The molecular weight excluding hydrogens is 520 g/mol. The highest BCUT2D eigenvalue weighted by Crippen LogP contribution is 2.20. The third-order valence-electron chi connectivity index (χ3n) is 7.14. The van der Waals surface area contributed by atoms with E-state index in [9.17, 15) is 14.4 Å². The number of pyridine rings is 2. The van der Waals surface area contributed by atoms with Gasteiger partial charge in [0.2, 0.25) is 0 Å². The van der Waals surface area contributed by atoms with Crippen LogP contribution < -0.4 is 11.0 Å². The molecule has 1 amide bonds. The predicted molar refractivity (Wildman–Crippen MR) is 154 cm³/mol. The second-order valence-corrected chi connectivity index (χ2v) is 9.79. The lowest BCUT2D eigenvalue weighted by molar-refractivity contribution is 0.0521. The highest BCUT2D eigenvalue weighted by atomic mass is 16.5. The molecule has 41 heavy (non-hydrogen) atoms. The molecule has 0 N–H and O–H groups in total. The molecule has 9 heteroatoms. The maximum absolute atomic E-state index is 13.5. The van der Waals surface area contributed by atoms with E-state index in [4.69, 9.17) is 14.5 Å². The molecule has 0 spiro atoms. The van der Waals surface area contributed by atoms with E-state index >= 15 is 0 Å². The molecule has 9 nitrogen and oxygen atoms in total. The molecule has 0 aliphatic carbocycles. The molecule has 2 aromatic carbocycles. The Bertz CT molecular complexity index is 1890. The molecule has 4 heterocycles. The second-order valence-electron chi connectivity index (χ2n) is 9.79. The monoisotopic (exact) mass is 548 g/mol. The fraction of sp³-hybridized carbons (Fsp3) is 0.219. The van der Waals surface area contributed by atoms with E-state index in [0.717, 1.165) is 24.0 Å². The minimum Gasteiger partial charge on any atom is -0.462 e.